The molecule has 4 aromatic rings. The molecule has 2 unspecified atom stereocenters. The zero-order valence-corrected chi connectivity index (χ0v) is 20.0. The molecule has 0 aliphatic heterocycles. The lowest BCUT2D eigenvalue weighted by molar-refractivity contribution is 0.594. The Morgan fingerprint density at radius 2 is 0.710 bits per heavy atom. The second-order valence-electron chi connectivity index (χ2n) is 6.49. The van der Waals surface area contributed by atoms with E-state index in [1.54, 1.807) is 60.3 Å². The number of hydrogen-bond donors (Lipinski definition) is 0. The maximum absolute atomic E-state index is 12.7. The van der Waals surface area contributed by atoms with Crippen LogP contribution in [0.4, 0.5) is 0 Å². The Labute approximate surface area is 202 Å². The van der Waals surface area contributed by atoms with Gasteiger partial charge in [-0.3, -0.25) is 0 Å². The van der Waals surface area contributed by atoms with Crippen LogP contribution in [0.2, 0.25) is 10.0 Å². The summed E-state index contributed by atoms with van der Waals surface area (Å²) in [6.45, 7) is 0. The fourth-order valence-electron chi connectivity index (χ4n) is 2.79. The van der Waals surface area contributed by atoms with Crippen molar-refractivity contribution >= 4 is 57.3 Å². The van der Waals surface area contributed by atoms with Crippen molar-refractivity contribution in [3.05, 3.63) is 107 Å². The van der Waals surface area contributed by atoms with Crippen molar-refractivity contribution in [3.8, 4) is 0 Å². The minimum absolute atomic E-state index is 0.621. The third-order valence-electron chi connectivity index (χ3n) is 4.37. The largest absolute Gasteiger partial charge is 0.606 e. The van der Waals surface area contributed by atoms with Crippen molar-refractivity contribution < 1.29 is 9.11 Å². The fourth-order valence-corrected chi connectivity index (χ4v) is 5.93. The van der Waals surface area contributed by atoms with Crippen LogP contribution < -0.4 is 0 Å². The predicted octanol–water partition coefficient (Wildman–Crippen LogP) is 7.48. The smallest absolute Gasteiger partial charge is 0.158 e. The van der Waals surface area contributed by atoms with E-state index in [0.717, 1.165) is 19.6 Å². The second kappa shape index (κ2) is 10.4. The van der Waals surface area contributed by atoms with Gasteiger partial charge in [0.1, 0.15) is 0 Å². The van der Waals surface area contributed by atoms with Crippen LogP contribution in [0.3, 0.4) is 0 Å². The molecule has 0 aliphatic rings. The highest BCUT2D eigenvalue weighted by Gasteiger charge is 2.16. The summed E-state index contributed by atoms with van der Waals surface area (Å²) in [6.07, 6.45) is 0. The highest BCUT2D eigenvalue weighted by atomic mass is 35.5. The maximum Gasteiger partial charge on any atom is 0.158 e. The third-order valence-corrected chi connectivity index (χ3v) is 8.69. The van der Waals surface area contributed by atoms with Crippen molar-refractivity contribution in [2.75, 3.05) is 0 Å². The van der Waals surface area contributed by atoms with Gasteiger partial charge in [-0.1, -0.05) is 35.0 Å². The Kier molecular flexibility index (Phi) is 7.56. The molecular formula is C24H16Cl2O2S3. The van der Waals surface area contributed by atoms with Gasteiger partial charge in [-0.25, -0.2) is 0 Å². The van der Waals surface area contributed by atoms with Gasteiger partial charge in [0, 0.05) is 42.2 Å². The van der Waals surface area contributed by atoms with E-state index in [9.17, 15) is 9.11 Å². The quantitative estimate of drug-likeness (QED) is 0.256. The number of rotatable bonds is 6. The topological polar surface area (TPSA) is 46.1 Å². The third kappa shape index (κ3) is 5.82. The van der Waals surface area contributed by atoms with Gasteiger partial charge in [0.2, 0.25) is 0 Å². The van der Waals surface area contributed by atoms with Crippen molar-refractivity contribution in [2.24, 2.45) is 0 Å². The Morgan fingerprint density at radius 3 is 1.00 bits per heavy atom. The number of hydrogen-bond acceptors (Lipinski definition) is 3. The summed E-state index contributed by atoms with van der Waals surface area (Å²) in [6, 6.07) is 29.3. The molecular weight excluding hydrogens is 487 g/mol. The highest BCUT2D eigenvalue weighted by Crippen LogP contribution is 2.31. The van der Waals surface area contributed by atoms with E-state index in [1.807, 2.05) is 48.5 Å². The molecule has 4 rings (SSSR count). The predicted molar refractivity (Wildman–Crippen MR) is 129 cm³/mol. The normalized spacial score (nSPS) is 13.0. The lowest BCUT2D eigenvalue weighted by Gasteiger charge is -2.11. The molecule has 2 atom stereocenters. The molecule has 0 amide bonds. The van der Waals surface area contributed by atoms with E-state index < -0.39 is 22.4 Å². The molecule has 31 heavy (non-hydrogen) atoms. The van der Waals surface area contributed by atoms with Gasteiger partial charge in [-0.15, -0.1) is 0 Å². The molecule has 4 aromatic carbocycles. The second-order valence-corrected chi connectivity index (χ2v) is 11.5. The summed E-state index contributed by atoms with van der Waals surface area (Å²) in [7, 11) is 0. The summed E-state index contributed by atoms with van der Waals surface area (Å²) in [4.78, 5) is 4.97. The Bertz CT molecular complexity index is 1040. The average Bonchev–Trinajstić information content (AvgIpc) is 2.80. The zero-order chi connectivity index (χ0) is 21.8. The van der Waals surface area contributed by atoms with E-state index in [2.05, 4.69) is 0 Å². The van der Waals surface area contributed by atoms with Crippen molar-refractivity contribution in [2.45, 2.75) is 29.4 Å². The summed E-state index contributed by atoms with van der Waals surface area (Å²) >= 11 is 10.9. The molecule has 0 saturated carbocycles. The monoisotopic (exact) mass is 502 g/mol. The van der Waals surface area contributed by atoms with E-state index in [1.165, 1.54) is 0 Å². The van der Waals surface area contributed by atoms with Crippen LogP contribution in [0.5, 0.6) is 0 Å². The molecule has 0 saturated heterocycles. The van der Waals surface area contributed by atoms with Gasteiger partial charge in [-0.05, 0) is 97.1 Å². The molecule has 7 heteroatoms. The molecule has 0 N–H and O–H groups in total. The molecule has 0 heterocycles. The summed E-state index contributed by atoms with van der Waals surface area (Å²) in [5.41, 5.74) is 0. The van der Waals surface area contributed by atoms with Crippen LogP contribution >= 0.6 is 35.0 Å². The van der Waals surface area contributed by atoms with Crippen molar-refractivity contribution in [3.63, 3.8) is 0 Å². The molecule has 0 fully saturated rings. The van der Waals surface area contributed by atoms with Gasteiger partial charge in [0.05, 0.1) is 0 Å². The molecule has 2 nitrogen and oxygen atoms in total. The first-order valence-corrected chi connectivity index (χ1v) is 13.1. The Balaban J connectivity index is 1.42. The van der Waals surface area contributed by atoms with E-state index in [0.29, 0.717) is 19.8 Å². The first-order valence-electron chi connectivity index (χ1n) is 9.22. The van der Waals surface area contributed by atoms with Crippen molar-refractivity contribution in [1.82, 2.24) is 0 Å². The number of benzene rings is 4. The summed E-state index contributed by atoms with van der Waals surface area (Å²) < 4.78 is 25.4. The molecule has 0 aliphatic carbocycles. The minimum Gasteiger partial charge on any atom is -0.606 e. The lowest BCUT2D eigenvalue weighted by Crippen LogP contribution is -2.01. The van der Waals surface area contributed by atoms with Crippen LogP contribution in [0.1, 0.15) is 0 Å². The average molecular weight is 503 g/mol. The zero-order valence-electron chi connectivity index (χ0n) is 16.0. The van der Waals surface area contributed by atoms with Crippen LogP contribution in [0, 0.1) is 0 Å². The molecule has 0 spiro atoms. The lowest BCUT2D eigenvalue weighted by atomic mass is 10.4. The standard InChI is InChI=1S/C24H16Cl2O2S3/c25-17-1-9-21(10-2-17)30(27)23-13-5-19(6-14-23)29-20-7-15-24(16-8-20)31(28)22-11-3-18(26)4-12-22/h1-16H. The van der Waals surface area contributed by atoms with E-state index >= 15 is 0 Å². The molecule has 0 radical (unpaired) electrons. The molecule has 0 aromatic heterocycles. The van der Waals surface area contributed by atoms with Gasteiger partial charge >= 0.3 is 0 Å². The van der Waals surface area contributed by atoms with Gasteiger partial charge in [0.15, 0.2) is 19.6 Å². The maximum atomic E-state index is 12.7. The molecule has 0 bridgehead atoms. The van der Waals surface area contributed by atoms with Crippen LogP contribution in [0.15, 0.2) is 126 Å². The van der Waals surface area contributed by atoms with Crippen molar-refractivity contribution in [1.29, 1.82) is 0 Å². The first-order chi connectivity index (χ1) is 15.0. The van der Waals surface area contributed by atoms with Crippen LogP contribution in [0.25, 0.3) is 0 Å². The van der Waals surface area contributed by atoms with Crippen LogP contribution in [-0.2, 0) is 22.4 Å². The number of halogens is 2. The van der Waals surface area contributed by atoms with E-state index in [-0.39, 0.29) is 0 Å². The summed E-state index contributed by atoms with van der Waals surface area (Å²) in [5.74, 6) is 0. The minimum atomic E-state index is -1.25. The Hall–Kier alpha value is -1.57. The highest BCUT2D eigenvalue weighted by molar-refractivity contribution is 7.99. The van der Waals surface area contributed by atoms with Gasteiger partial charge in [0.25, 0.3) is 0 Å². The van der Waals surface area contributed by atoms with E-state index in [4.69, 9.17) is 23.2 Å². The fraction of sp³-hybridized carbons (Fsp3) is 0. The summed E-state index contributed by atoms with van der Waals surface area (Å²) in [5, 5.41) is 1.24. The molecule has 156 valence electrons. The van der Waals surface area contributed by atoms with Gasteiger partial charge in [-0.2, -0.15) is 0 Å². The SMILES string of the molecule is [O-][S+](c1ccc(Cl)cc1)c1ccc(Sc2ccc([S+]([O-])c3ccc(Cl)cc3)cc2)cc1. The first kappa shape index (κ1) is 22.6. The Morgan fingerprint density at radius 1 is 0.452 bits per heavy atom. The van der Waals surface area contributed by atoms with Crippen LogP contribution in [-0.4, -0.2) is 9.11 Å². The van der Waals surface area contributed by atoms with Gasteiger partial charge < -0.3 is 9.11 Å².